The standard InChI is InChI=1S/C8H10BrNO3S/c9-7-2-3-8(11)10(6-7)4-1-5-14(12)13/h2-3,6H,1,4-5H2,(H,12,13)/p-1. The van der Waals surface area contributed by atoms with Crippen LogP contribution in [0.2, 0.25) is 0 Å². The molecule has 0 N–H and O–H groups in total. The van der Waals surface area contributed by atoms with Gasteiger partial charge in [0.2, 0.25) is 0 Å². The first-order valence-electron chi connectivity index (χ1n) is 4.01. The molecule has 0 fully saturated rings. The summed E-state index contributed by atoms with van der Waals surface area (Å²) in [5, 5.41) is 0. The van der Waals surface area contributed by atoms with Crippen molar-refractivity contribution in [2.75, 3.05) is 5.75 Å². The van der Waals surface area contributed by atoms with Crippen LogP contribution in [0.3, 0.4) is 0 Å². The normalized spacial score (nSPS) is 12.7. The van der Waals surface area contributed by atoms with Crippen molar-refractivity contribution in [2.24, 2.45) is 0 Å². The van der Waals surface area contributed by atoms with Gasteiger partial charge in [-0.15, -0.1) is 0 Å². The Balaban J connectivity index is 2.62. The van der Waals surface area contributed by atoms with Crippen molar-refractivity contribution in [1.29, 1.82) is 0 Å². The van der Waals surface area contributed by atoms with Crippen molar-refractivity contribution < 1.29 is 8.76 Å². The predicted octanol–water partition coefficient (Wildman–Crippen LogP) is 0.880. The van der Waals surface area contributed by atoms with Gasteiger partial charge in [-0.3, -0.25) is 9.00 Å². The fraction of sp³-hybridized carbons (Fsp3) is 0.375. The second kappa shape index (κ2) is 5.43. The molecule has 0 spiro atoms. The van der Waals surface area contributed by atoms with Crippen molar-refractivity contribution in [3.05, 3.63) is 33.2 Å². The Morgan fingerprint density at radius 2 is 2.21 bits per heavy atom. The maximum atomic E-state index is 11.2. The number of halogens is 1. The molecule has 0 radical (unpaired) electrons. The minimum atomic E-state index is -2.03. The fourth-order valence-corrected chi connectivity index (χ4v) is 1.77. The van der Waals surface area contributed by atoms with Crippen LogP contribution in [0.1, 0.15) is 6.42 Å². The summed E-state index contributed by atoms with van der Waals surface area (Å²) in [6, 6.07) is 3.10. The average molecular weight is 279 g/mol. The van der Waals surface area contributed by atoms with Gasteiger partial charge in [0.05, 0.1) is 0 Å². The molecule has 14 heavy (non-hydrogen) atoms. The Kier molecular flexibility index (Phi) is 4.50. The van der Waals surface area contributed by atoms with Crippen LogP contribution in [-0.2, 0) is 17.6 Å². The molecule has 0 saturated carbocycles. The summed E-state index contributed by atoms with van der Waals surface area (Å²) in [5.74, 6) is 0.0823. The van der Waals surface area contributed by atoms with Gasteiger partial charge in [0, 0.05) is 29.0 Å². The van der Waals surface area contributed by atoms with E-state index in [0.717, 1.165) is 4.47 Å². The molecule has 4 nitrogen and oxygen atoms in total. The Hall–Kier alpha value is -0.460. The summed E-state index contributed by atoms with van der Waals surface area (Å²) in [6.45, 7) is 0.423. The van der Waals surface area contributed by atoms with E-state index >= 15 is 0 Å². The molecule has 1 rings (SSSR count). The Labute approximate surface area is 92.4 Å². The first kappa shape index (κ1) is 11.6. The molecule has 0 aliphatic carbocycles. The second-order valence-corrected chi connectivity index (χ2v) is 4.67. The lowest BCUT2D eigenvalue weighted by Crippen LogP contribution is -2.19. The summed E-state index contributed by atoms with van der Waals surface area (Å²) >= 11 is 1.21. The van der Waals surface area contributed by atoms with Crippen molar-refractivity contribution in [3.8, 4) is 0 Å². The van der Waals surface area contributed by atoms with E-state index < -0.39 is 11.1 Å². The third-order valence-electron chi connectivity index (χ3n) is 1.66. The number of hydrogen-bond donors (Lipinski definition) is 0. The van der Waals surface area contributed by atoms with Crippen LogP contribution < -0.4 is 5.56 Å². The highest BCUT2D eigenvalue weighted by Crippen LogP contribution is 2.05. The first-order chi connectivity index (χ1) is 6.59. The van der Waals surface area contributed by atoms with Crippen molar-refractivity contribution >= 4 is 27.0 Å². The van der Waals surface area contributed by atoms with Crippen molar-refractivity contribution in [3.63, 3.8) is 0 Å². The van der Waals surface area contributed by atoms with Gasteiger partial charge >= 0.3 is 0 Å². The molecule has 1 unspecified atom stereocenters. The van der Waals surface area contributed by atoms with E-state index in [1.54, 1.807) is 12.3 Å². The summed E-state index contributed by atoms with van der Waals surface area (Å²) in [4.78, 5) is 11.2. The van der Waals surface area contributed by atoms with E-state index in [0.29, 0.717) is 13.0 Å². The van der Waals surface area contributed by atoms with E-state index in [-0.39, 0.29) is 11.3 Å². The highest BCUT2D eigenvalue weighted by molar-refractivity contribution is 9.10. The zero-order valence-electron chi connectivity index (χ0n) is 7.31. The van der Waals surface area contributed by atoms with Gasteiger partial charge < -0.3 is 9.12 Å². The SMILES string of the molecule is O=c1ccc(Br)cn1CCCS(=O)[O-]. The lowest BCUT2D eigenvalue weighted by Gasteiger charge is -2.07. The molecule has 0 bridgehead atoms. The minimum absolute atomic E-state index is 0.0823. The van der Waals surface area contributed by atoms with Crippen LogP contribution in [0.4, 0.5) is 0 Å². The Morgan fingerprint density at radius 3 is 2.86 bits per heavy atom. The molecular formula is C8H9BrNO3S-. The van der Waals surface area contributed by atoms with Gasteiger partial charge in [-0.2, -0.15) is 0 Å². The van der Waals surface area contributed by atoms with Crippen LogP contribution >= 0.6 is 15.9 Å². The quantitative estimate of drug-likeness (QED) is 0.769. The number of rotatable bonds is 4. The molecule has 1 aromatic heterocycles. The molecule has 0 aromatic carbocycles. The van der Waals surface area contributed by atoms with E-state index in [2.05, 4.69) is 15.9 Å². The van der Waals surface area contributed by atoms with Crippen LogP contribution in [-0.4, -0.2) is 19.1 Å². The summed E-state index contributed by atoms with van der Waals surface area (Å²) in [7, 11) is 0. The zero-order chi connectivity index (χ0) is 10.6. The van der Waals surface area contributed by atoms with Gasteiger partial charge in [0.1, 0.15) is 0 Å². The summed E-state index contributed by atoms with van der Waals surface area (Å²) in [6.07, 6.45) is 2.10. The average Bonchev–Trinajstić information content (AvgIpc) is 2.10. The molecule has 0 aliphatic heterocycles. The second-order valence-electron chi connectivity index (χ2n) is 2.74. The zero-order valence-corrected chi connectivity index (χ0v) is 9.71. The molecule has 1 atom stereocenters. The van der Waals surface area contributed by atoms with Gasteiger partial charge in [-0.1, -0.05) is 11.1 Å². The topological polar surface area (TPSA) is 62.1 Å². The summed E-state index contributed by atoms with van der Waals surface area (Å²) in [5.41, 5.74) is -0.120. The number of aryl methyl sites for hydroxylation is 1. The van der Waals surface area contributed by atoms with Gasteiger partial charge in [-0.25, -0.2) is 0 Å². The molecule has 0 saturated heterocycles. The highest BCUT2D eigenvalue weighted by Gasteiger charge is 1.96. The number of nitrogens with zero attached hydrogens (tertiary/aromatic N) is 1. The molecule has 1 aromatic rings. The predicted molar refractivity (Wildman–Crippen MR) is 56.8 cm³/mol. The maximum absolute atomic E-state index is 11.2. The largest absolute Gasteiger partial charge is 0.772 e. The van der Waals surface area contributed by atoms with E-state index in [1.165, 1.54) is 10.6 Å². The number of aromatic nitrogens is 1. The van der Waals surface area contributed by atoms with Crippen molar-refractivity contribution in [1.82, 2.24) is 4.57 Å². The molecule has 0 amide bonds. The third kappa shape index (κ3) is 3.73. The van der Waals surface area contributed by atoms with Crippen LogP contribution in [0, 0.1) is 0 Å². The lowest BCUT2D eigenvalue weighted by atomic mass is 10.4. The van der Waals surface area contributed by atoms with E-state index in [4.69, 9.17) is 0 Å². The molecule has 6 heteroatoms. The number of hydrogen-bond acceptors (Lipinski definition) is 3. The highest BCUT2D eigenvalue weighted by atomic mass is 79.9. The van der Waals surface area contributed by atoms with Gasteiger partial charge in [-0.05, 0) is 28.4 Å². The Morgan fingerprint density at radius 1 is 1.50 bits per heavy atom. The van der Waals surface area contributed by atoms with Crippen LogP contribution in [0.25, 0.3) is 0 Å². The van der Waals surface area contributed by atoms with Gasteiger partial charge in [0.15, 0.2) is 0 Å². The monoisotopic (exact) mass is 278 g/mol. The molecule has 0 aliphatic rings. The van der Waals surface area contributed by atoms with Crippen LogP contribution in [0.15, 0.2) is 27.6 Å². The van der Waals surface area contributed by atoms with Crippen molar-refractivity contribution in [2.45, 2.75) is 13.0 Å². The smallest absolute Gasteiger partial charge is 0.250 e. The minimum Gasteiger partial charge on any atom is -0.772 e. The molecule has 78 valence electrons. The summed E-state index contributed by atoms with van der Waals surface area (Å²) < 4.78 is 22.8. The molecule has 1 heterocycles. The fourth-order valence-electron chi connectivity index (χ4n) is 1.03. The van der Waals surface area contributed by atoms with E-state index in [9.17, 15) is 13.6 Å². The third-order valence-corrected chi connectivity index (χ3v) is 2.75. The van der Waals surface area contributed by atoms with E-state index in [1.807, 2.05) is 0 Å². The number of pyridine rings is 1. The van der Waals surface area contributed by atoms with Crippen LogP contribution in [0.5, 0.6) is 0 Å². The lowest BCUT2D eigenvalue weighted by molar-refractivity contribution is 0.530. The van der Waals surface area contributed by atoms with Gasteiger partial charge in [0.25, 0.3) is 5.56 Å². The maximum Gasteiger partial charge on any atom is 0.250 e. The molecular weight excluding hydrogens is 270 g/mol. The first-order valence-corrected chi connectivity index (χ1v) is 6.05. The Bertz CT molecular complexity index is 390.